The van der Waals surface area contributed by atoms with Gasteiger partial charge in [0.15, 0.2) is 0 Å². The summed E-state index contributed by atoms with van der Waals surface area (Å²) in [7, 11) is 1.76. The fraction of sp³-hybridized carbons (Fsp3) is 0.818. The highest BCUT2D eigenvalue weighted by Gasteiger charge is 2.30. The maximum Gasteiger partial charge on any atom is 0.257 e. The van der Waals surface area contributed by atoms with Crippen LogP contribution in [0.5, 0.6) is 0 Å². The number of hydrogen-bond acceptors (Lipinski definition) is 5. The van der Waals surface area contributed by atoms with Crippen LogP contribution in [0.15, 0.2) is 12.4 Å². The average molecular weight is 406 g/mol. The summed E-state index contributed by atoms with van der Waals surface area (Å²) >= 11 is 0. The predicted octanol–water partition coefficient (Wildman–Crippen LogP) is 2.19. The first-order valence-corrected chi connectivity index (χ1v) is 11.4. The predicted molar refractivity (Wildman–Crippen MR) is 115 cm³/mol. The van der Waals surface area contributed by atoms with E-state index < -0.39 is 0 Å². The summed E-state index contributed by atoms with van der Waals surface area (Å²) in [4.78, 5) is 20.5. The average Bonchev–Trinajstić information content (AvgIpc) is 3.41. The lowest BCUT2D eigenvalue weighted by atomic mass is 9.95. The first-order chi connectivity index (χ1) is 14.1. The van der Waals surface area contributed by atoms with Crippen LogP contribution in [-0.2, 0) is 11.3 Å². The molecule has 7 nitrogen and oxygen atoms in total. The highest BCUT2D eigenvalue weighted by molar-refractivity contribution is 5.93. The minimum atomic E-state index is 0.148. The SMILES string of the molecule is CCN1CCCC1CN(CC1CCN(CCOC)CC1)C(=O)c1cnn(CC)c1. The third-order valence-corrected chi connectivity index (χ3v) is 6.63. The van der Waals surface area contributed by atoms with Crippen molar-refractivity contribution < 1.29 is 9.53 Å². The second-order valence-corrected chi connectivity index (χ2v) is 8.50. The van der Waals surface area contributed by atoms with E-state index in [-0.39, 0.29) is 5.91 Å². The van der Waals surface area contributed by atoms with Crippen molar-refractivity contribution >= 4 is 5.91 Å². The van der Waals surface area contributed by atoms with Crippen molar-refractivity contribution in [2.75, 3.05) is 59.5 Å². The van der Waals surface area contributed by atoms with E-state index in [1.807, 2.05) is 17.8 Å². The van der Waals surface area contributed by atoms with Crippen molar-refractivity contribution in [2.45, 2.75) is 52.1 Å². The number of likely N-dealkylation sites (tertiary alicyclic amines) is 2. The van der Waals surface area contributed by atoms with E-state index in [2.05, 4.69) is 26.7 Å². The number of amides is 1. The zero-order chi connectivity index (χ0) is 20.6. The van der Waals surface area contributed by atoms with Crippen LogP contribution in [0.2, 0.25) is 0 Å². The van der Waals surface area contributed by atoms with E-state index in [1.165, 1.54) is 12.8 Å². The van der Waals surface area contributed by atoms with Gasteiger partial charge in [0.25, 0.3) is 5.91 Å². The van der Waals surface area contributed by atoms with Gasteiger partial charge in [-0.25, -0.2) is 0 Å². The smallest absolute Gasteiger partial charge is 0.257 e. The Balaban J connectivity index is 1.63. The highest BCUT2D eigenvalue weighted by atomic mass is 16.5. The van der Waals surface area contributed by atoms with Crippen LogP contribution in [0.3, 0.4) is 0 Å². The molecule has 1 aromatic heterocycles. The number of piperidine rings is 1. The summed E-state index contributed by atoms with van der Waals surface area (Å²) in [5.74, 6) is 0.727. The van der Waals surface area contributed by atoms with Crippen molar-refractivity contribution in [1.82, 2.24) is 24.5 Å². The third kappa shape index (κ3) is 6.03. The van der Waals surface area contributed by atoms with E-state index in [9.17, 15) is 4.79 Å². The largest absolute Gasteiger partial charge is 0.383 e. The van der Waals surface area contributed by atoms with E-state index in [0.717, 1.165) is 77.4 Å². The number of nitrogens with zero attached hydrogens (tertiary/aromatic N) is 5. The molecule has 164 valence electrons. The molecule has 1 aromatic rings. The van der Waals surface area contributed by atoms with Gasteiger partial charge in [0.2, 0.25) is 0 Å². The Morgan fingerprint density at radius 1 is 1.17 bits per heavy atom. The van der Waals surface area contributed by atoms with Gasteiger partial charge < -0.3 is 14.5 Å². The summed E-state index contributed by atoms with van der Waals surface area (Å²) in [6, 6.07) is 0.493. The second-order valence-electron chi connectivity index (χ2n) is 8.50. The maximum atomic E-state index is 13.4. The Morgan fingerprint density at radius 2 is 1.97 bits per heavy atom. The van der Waals surface area contributed by atoms with Gasteiger partial charge in [0.05, 0.1) is 18.4 Å². The molecule has 1 atom stereocenters. The molecule has 3 heterocycles. The molecule has 29 heavy (non-hydrogen) atoms. The van der Waals surface area contributed by atoms with Crippen molar-refractivity contribution in [3.63, 3.8) is 0 Å². The van der Waals surface area contributed by atoms with Crippen molar-refractivity contribution in [1.29, 1.82) is 0 Å². The number of carbonyl (C=O) groups is 1. The van der Waals surface area contributed by atoms with Gasteiger partial charge in [-0.1, -0.05) is 6.92 Å². The van der Waals surface area contributed by atoms with E-state index in [1.54, 1.807) is 13.3 Å². The molecule has 0 aliphatic carbocycles. The first kappa shape index (κ1) is 22.2. The molecule has 7 heteroatoms. The van der Waals surface area contributed by atoms with Crippen LogP contribution in [0.4, 0.5) is 0 Å². The van der Waals surface area contributed by atoms with Gasteiger partial charge >= 0.3 is 0 Å². The normalized spacial score (nSPS) is 21.7. The van der Waals surface area contributed by atoms with Gasteiger partial charge in [-0.05, 0) is 64.7 Å². The molecule has 0 aromatic carbocycles. The quantitative estimate of drug-likeness (QED) is 0.597. The lowest BCUT2D eigenvalue weighted by molar-refractivity contribution is 0.0616. The molecule has 2 saturated heterocycles. The van der Waals surface area contributed by atoms with Crippen molar-refractivity contribution in [3.8, 4) is 0 Å². The Hall–Kier alpha value is -1.44. The monoisotopic (exact) mass is 405 g/mol. The number of hydrogen-bond donors (Lipinski definition) is 0. The summed E-state index contributed by atoms with van der Waals surface area (Å²) in [5.41, 5.74) is 0.727. The molecule has 0 N–H and O–H groups in total. The molecule has 3 rings (SSSR count). The minimum absolute atomic E-state index is 0.148. The van der Waals surface area contributed by atoms with Gasteiger partial charge in [0, 0.05) is 45.5 Å². The lowest BCUT2D eigenvalue weighted by Crippen LogP contribution is -2.46. The third-order valence-electron chi connectivity index (χ3n) is 6.63. The van der Waals surface area contributed by atoms with Crippen LogP contribution >= 0.6 is 0 Å². The number of methoxy groups -OCH3 is 1. The number of aryl methyl sites for hydroxylation is 1. The van der Waals surface area contributed by atoms with E-state index >= 15 is 0 Å². The molecular formula is C22H39N5O2. The molecule has 0 spiro atoms. The number of likely N-dealkylation sites (N-methyl/N-ethyl adjacent to an activating group) is 1. The van der Waals surface area contributed by atoms with Gasteiger partial charge in [-0.15, -0.1) is 0 Å². The Bertz CT molecular complexity index is 626. The van der Waals surface area contributed by atoms with E-state index in [0.29, 0.717) is 12.0 Å². The van der Waals surface area contributed by atoms with Crippen molar-refractivity contribution in [3.05, 3.63) is 18.0 Å². The Morgan fingerprint density at radius 3 is 2.62 bits per heavy atom. The summed E-state index contributed by atoms with van der Waals surface area (Å²) in [5, 5.41) is 4.33. The zero-order valence-corrected chi connectivity index (χ0v) is 18.6. The van der Waals surface area contributed by atoms with Crippen LogP contribution in [0.1, 0.15) is 49.9 Å². The molecule has 2 aliphatic heterocycles. The first-order valence-electron chi connectivity index (χ1n) is 11.4. The highest BCUT2D eigenvalue weighted by Crippen LogP contribution is 2.23. The molecule has 0 bridgehead atoms. The van der Waals surface area contributed by atoms with Gasteiger partial charge in [0.1, 0.15) is 0 Å². The fourth-order valence-electron chi connectivity index (χ4n) is 4.77. The Kier molecular flexibility index (Phi) is 8.51. The summed E-state index contributed by atoms with van der Waals surface area (Å²) in [6.45, 7) is 13.0. The molecule has 2 aliphatic rings. The van der Waals surface area contributed by atoms with Crippen LogP contribution < -0.4 is 0 Å². The number of rotatable bonds is 10. The summed E-state index contributed by atoms with van der Waals surface area (Å²) < 4.78 is 7.06. The lowest BCUT2D eigenvalue weighted by Gasteiger charge is -2.36. The summed E-state index contributed by atoms with van der Waals surface area (Å²) in [6.07, 6.45) is 8.38. The van der Waals surface area contributed by atoms with Crippen molar-refractivity contribution in [2.24, 2.45) is 5.92 Å². The minimum Gasteiger partial charge on any atom is -0.383 e. The molecule has 1 unspecified atom stereocenters. The van der Waals surface area contributed by atoms with Crippen LogP contribution in [0.25, 0.3) is 0 Å². The Labute approximate surface area is 176 Å². The number of aromatic nitrogens is 2. The molecule has 2 fully saturated rings. The number of ether oxygens (including phenoxy) is 1. The molecule has 1 amide bonds. The molecule has 0 saturated carbocycles. The van der Waals surface area contributed by atoms with Gasteiger partial charge in [-0.2, -0.15) is 5.10 Å². The molecule has 0 radical (unpaired) electrons. The standard InChI is InChI=1S/C22H39N5O2/c1-4-25-10-6-7-21(25)18-26(22(28)20-15-23-27(5-2)17-20)16-19-8-11-24(12-9-19)13-14-29-3/h15,17,19,21H,4-14,16,18H2,1-3H3. The maximum absolute atomic E-state index is 13.4. The van der Waals surface area contributed by atoms with Crippen LogP contribution in [0, 0.1) is 5.92 Å². The van der Waals surface area contributed by atoms with Crippen LogP contribution in [-0.4, -0.2) is 96.0 Å². The number of carbonyl (C=O) groups excluding carboxylic acids is 1. The van der Waals surface area contributed by atoms with Gasteiger partial charge in [-0.3, -0.25) is 14.4 Å². The zero-order valence-electron chi connectivity index (χ0n) is 18.6. The van der Waals surface area contributed by atoms with E-state index in [4.69, 9.17) is 4.74 Å². The molecular weight excluding hydrogens is 366 g/mol. The second kappa shape index (κ2) is 11.1. The topological polar surface area (TPSA) is 53.8 Å². The fourth-order valence-corrected chi connectivity index (χ4v) is 4.77.